The van der Waals surface area contributed by atoms with Crippen LogP contribution in [0.2, 0.25) is 0 Å². The molecule has 0 aliphatic carbocycles. The summed E-state index contributed by atoms with van der Waals surface area (Å²) in [4.78, 5) is 47.5. The minimum atomic E-state index is -1.59. The van der Waals surface area contributed by atoms with Crippen LogP contribution in [-0.4, -0.2) is 49.8 Å². The van der Waals surface area contributed by atoms with Crippen LogP contribution in [0.1, 0.15) is 31.1 Å². The third-order valence-corrected chi connectivity index (χ3v) is 2.95. The molecule has 26 heavy (non-hydrogen) atoms. The van der Waals surface area contributed by atoms with Gasteiger partial charge in [-0.15, -0.1) is 0 Å². The zero-order valence-corrected chi connectivity index (χ0v) is 14.9. The summed E-state index contributed by atoms with van der Waals surface area (Å²) in [7, 11) is 0. The Hall–Kier alpha value is -3.10. The van der Waals surface area contributed by atoms with Crippen LogP contribution in [-0.2, 0) is 23.8 Å². The molecular formula is C17H22N2O7. The van der Waals surface area contributed by atoms with E-state index in [4.69, 9.17) is 14.2 Å². The highest BCUT2D eigenvalue weighted by molar-refractivity contribution is 6.04. The molecule has 2 N–H and O–H groups in total. The maximum Gasteiger partial charge on any atom is 0.340 e. The molecule has 0 unspecified atom stereocenters. The van der Waals surface area contributed by atoms with Gasteiger partial charge < -0.3 is 24.8 Å². The Morgan fingerprint density at radius 3 is 2.04 bits per heavy atom. The summed E-state index contributed by atoms with van der Waals surface area (Å²) in [6.07, 6.45) is 0. The Morgan fingerprint density at radius 2 is 1.50 bits per heavy atom. The highest BCUT2D eigenvalue weighted by Crippen LogP contribution is 2.12. The number of hydrogen-bond donors (Lipinski definition) is 2. The first-order valence-electron chi connectivity index (χ1n) is 8.10. The Morgan fingerprint density at radius 1 is 0.923 bits per heavy atom. The summed E-state index contributed by atoms with van der Waals surface area (Å²) >= 11 is 0. The van der Waals surface area contributed by atoms with E-state index in [1.165, 1.54) is 18.2 Å². The van der Waals surface area contributed by atoms with Crippen molar-refractivity contribution in [1.29, 1.82) is 0 Å². The molecular weight excluding hydrogens is 344 g/mol. The fourth-order valence-corrected chi connectivity index (χ4v) is 1.90. The second-order valence-corrected chi connectivity index (χ2v) is 4.84. The van der Waals surface area contributed by atoms with E-state index in [0.29, 0.717) is 0 Å². The van der Waals surface area contributed by atoms with Crippen molar-refractivity contribution in [2.24, 2.45) is 0 Å². The number of hydrogen-bond acceptors (Lipinski definition) is 7. The van der Waals surface area contributed by atoms with Gasteiger partial charge >= 0.3 is 23.9 Å². The second kappa shape index (κ2) is 10.7. The van der Waals surface area contributed by atoms with E-state index in [2.05, 4.69) is 10.6 Å². The van der Waals surface area contributed by atoms with Crippen LogP contribution in [0.5, 0.6) is 0 Å². The Labute approximate surface area is 151 Å². The molecule has 0 fully saturated rings. The van der Waals surface area contributed by atoms with Crippen molar-refractivity contribution in [2.45, 2.75) is 26.8 Å². The van der Waals surface area contributed by atoms with E-state index < -0.39 is 30.0 Å². The summed E-state index contributed by atoms with van der Waals surface area (Å²) in [5.41, 5.74) is 0.525. The minimum Gasteiger partial charge on any atom is -0.464 e. The molecule has 9 heteroatoms. The predicted molar refractivity (Wildman–Crippen MR) is 91.6 cm³/mol. The van der Waals surface area contributed by atoms with Crippen LogP contribution in [0.15, 0.2) is 24.3 Å². The van der Waals surface area contributed by atoms with Gasteiger partial charge in [0.15, 0.2) is 0 Å². The monoisotopic (exact) mass is 366 g/mol. The van der Waals surface area contributed by atoms with Gasteiger partial charge in [0.2, 0.25) is 6.04 Å². The topological polar surface area (TPSA) is 120 Å². The number of nitrogens with one attached hydrogen (secondary N) is 2. The minimum absolute atomic E-state index is 0.0413. The van der Waals surface area contributed by atoms with E-state index in [1.807, 2.05) is 0 Å². The van der Waals surface area contributed by atoms with Crippen LogP contribution < -0.4 is 10.6 Å². The summed E-state index contributed by atoms with van der Waals surface area (Å²) in [6, 6.07) is 3.59. The molecule has 0 atom stereocenters. The summed E-state index contributed by atoms with van der Waals surface area (Å²) < 4.78 is 14.4. The quantitative estimate of drug-likeness (QED) is 0.406. The number of amides is 2. The van der Waals surface area contributed by atoms with E-state index in [0.717, 1.165) is 0 Å². The molecule has 2 amide bonds. The number of esters is 3. The van der Waals surface area contributed by atoms with Gasteiger partial charge in [-0.2, -0.15) is 0 Å². The highest BCUT2D eigenvalue weighted by Gasteiger charge is 2.31. The first-order chi connectivity index (χ1) is 12.4. The van der Waals surface area contributed by atoms with Crippen molar-refractivity contribution < 1.29 is 33.4 Å². The van der Waals surface area contributed by atoms with Crippen LogP contribution in [0.4, 0.5) is 10.5 Å². The van der Waals surface area contributed by atoms with Crippen molar-refractivity contribution in [3.05, 3.63) is 29.8 Å². The lowest BCUT2D eigenvalue weighted by Crippen LogP contribution is -2.49. The summed E-state index contributed by atoms with van der Waals surface area (Å²) in [6.45, 7) is 5.12. The van der Waals surface area contributed by atoms with Crippen molar-refractivity contribution in [3.63, 3.8) is 0 Å². The number of carbonyl (C=O) groups excluding carboxylic acids is 4. The van der Waals surface area contributed by atoms with Crippen LogP contribution in [0.3, 0.4) is 0 Å². The SMILES string of the molecule is CCOC(=O)c1cccc(NC(=O)NC(C(=O)OCC)C(=O)OCC)c1. The molecule has 0 aromatic heterocycles. The van der Waals surface area contributed by atoms with Gasteiger partial charge in [0.1, 0.15) is 0 Å². The zero-order chi connectivity index (χ0) is 19.5. The fraction of sp³-hybridized carbons (Fsp3) is 0.412. The maximum atomic E-state index is 12.1. The normalized spacial score (nSPS) is 10.0. The van der Waals surface area contributed by atoms with Crippen LogP contribution in [0.25, 0.3) is 0 Å². The van der Waals surface area contributed by atoms with Crippen molar-refractivity contribution >= 4 is 29.6 Å². The Bertz CT molecular complexity index is 642. The predicted octanol–water partition coefficient (Wildman–Crippen LogP) is 1.48. The first kappa shape index (κ1) is 20.9. The molecule has 0 radical (unpaired) electrons. The molecule has 0 spiro atoms. The summed E-state index contributed by atoms with van der Waals surface area (Å²) in [5, 5.41) is 4.62. The van der Waals surface area contributed by atoms with Gasteiger partial charge in [0.05, 0.1) is 25.4 Å². The number of ether oxygens (including phenoxy) is 3. The Kier molecular flexibility index (Phi) is 8.62. The molecule has 9 nitrogen and oxygen atoms in total. The van der Waals surface area contributed by atoms with Gasteiger partial charge in [-0.25, -0.2) is 19.2 Å². The molecule has 0 saturated heterocycles. The average Bonchev–Trinajstić information content (AvgIpc) is 2.60. The van der Waals surface area contributed by atoms with Gasteiger partial charge in [-0.1, -0.05) is 6.07 Å². The van der Waals surface area contributed by atoms with Crippen molar-refractivity contribution in [3.8, 4) is 0 Å². The van der Waals surface area contributed by atoms with Gasteiger partial charge in [0.25, 0.3) is 0 Å². The van der Waals surface area contributed by atoms with Gasteiger partial charge in [-0.3, -0.25) is 0 Å². The zero-order valence-electron chi connectivity index (χ0n) is 14.9. The number of urea groups is 1. The van der Waals surface area contributed by atoms with E-state index in [9.17, 15) is 19.2 Å². The average molecular weight is 366 g/mol. The maximum absolute atomic E-state index is 12.1. The van der Waals surface area contributed by atoms with Crippen LogP contribution in [0, 0.1) is 0 Å². The molecule has 0 heterocycles. The second-order valence-electron chi connectivity index (χ2n) is 4.84. The molecule has 0 aliphatic rings. The fourth-order valence-electron chi connectivity index (χ4n) is 1.90. The molecule has 142 valence electrons. The molecule has 0 bridgehead atoms. The number of benzene rings is 1. The summed E-state index contributed by atoms with van der Waals surface area (Å²) in [5.74, 6) is -2.39. The number of anilines is 1. The van der Waals surface area contributed by atoms with E-state index in [-0.39, 0.29) is 31.1 Å². The smallest absolute Gasteiger partial charge is 0.340 e. The third-order valence-electron chi connectivity index (χ3n) is 2.95. The highest BCUT2D eigenvalue weighted by atomic mass is 16.6. The molecule has 0 aliphatic heterocycles. The van der Waals surface area contributed by atoms with Crippen molar-refractivity contribution in [2.75, 3.05) is 25.1 Å². The number of rotatable bonds is 8. The largest absolute Gasteiger partial charge is 0.464 e. The van der Waals surface area contributed by atoms with Crippen LogP contribution >= 0.6 is 0 Å². The lowest BCUT2D eigenvalue weighted by molar-refractivity contribution is -0.157. The lowest BCUT2D eigenvalue weighted by Gasteiger charge is -2.16. The molecule has 1 aromatic carbocycles. The molecule has 0 saturated carbocycles. The van der Waals surface area contributed by atoms with E-state index in [1.54, 1.807) is 26.8 Å². The van der Waals surface area contributed by atoms with Gasteiger partial charge in [-0.05, 0) is 39.0 Å². The molecule has 1 rings (SSSR count). The molecule has 1 aromatic rings. The van der Waals surface area contributed by atoms with Crippen molar-refractivity contribution in [1.82, 2.24) is 5.32 Å². The lowest BCUT2D eigenvalue weighted by atomic mass is 10.2. The third kappa shape index (κ3) is 6.42. The Balaban J connectivity index is 2.81. The van der Waals surface area contributed by atoms with E-state index >= 15 is 0 Å². The standard InChI is InChI=1S/C17H22N2O7/c1-4-24-14(20)11-8-7-9-12(10-11)18-17(23)19-13(15(21)25-5-2)16(22)26-6-3/h7-10,13H,4-6H2,1-3H3,(H2,18,19,23). The van der Waals surface area contributed by atoms with Gasteiger partial charge in [0, 0.05) is 5.69 Å². The number of carbonyl (C=O) groups is 4. The first-order valence-corrected chi connectivity index (χ1v) is 8.10.